The highest BCUT2D eigenvalue weighted by Crippen LogP contribution is 2.25. The largest absolute Gasteiger partial charge is 0.345 e. The molecule has 2 amide bonds. The van der Waals surface area contributed by atoms with E-state index in [2.05, 4.69) is 5.32 Å². The van der Waals surface area contributed by atoms with Gasteiger partial charge in [-0.15, -0.1) is 0 Å². The van der Waals surface area contributed by atoms with Crippen molar-refractivity contribution in [1.82, 2.24) is 10.2 Å². The molecule has 1 aliphatic heterocycles. The van der Waals surface area contributed by atoms with Gasteiger partial charge in [0, 0.05) is 25.1 Å². The number of carbonyl (C=O) groups excluding carboxylic acids is 2. The van der Waals surface area contributed by atoms with Gasteiger partial charge in [-0.25, -0.2) is 4.39 Å². The summed E-state index contributed by atoms with van der Waals surface area (Å²) in [6.45, 7) is 0.464. The first-order chi connectivity index (χ1) is 15.1. The normalized spacial score (nSPS) is 16.4. The molecule has 3 aromatic carbocycles. The van der Waals surface area contributed by atoms with Crippen molar-refractivity contribution >= 4 is 11.8 Å². The minimum Gasteiger partial charge on any atom is -0.345 e. The number of halogens is 1. The third kappa shape index (κ3) is 5.00. The van der Waals surface area contributed by atoms with Crippen molar-refractivity contribution in [3.8, 4) is 0 Å². The molecule has 1 fully saturated rings. The molecular formula is C26H25FN2O2. The molecule has 31 heavy (non-hydrogen) atoms. The molecule has 1 aliphatic rings. The SMILES string of the molecule is O=C(NC(c1ccccc1)c1ccccc1)[C@H]1CCC(=O)N(Cc2ccccc2F)C1. The molecule has 0 aromatic heterocycles. The fraction of sp³-hybridized carbons (Fsp3) is 0.231. The monoisotopic (exact) mass is 416 g/mol. The van der Waals surface area contributed by atoms with Crippen molar-refractivity contribution in [3.05, 3.63) is 107 Å². The zero-order chi connectivity index (χ0) is 21.6. The van der Waals surface area contributed by atoms with Gasteiger partial charge in [0.2, 0.25) is 11.8 Å². The Hall–Kier alpha value is -3.47. The van der Waals surface area contributed by atoms with Crippen LogP contribution in [-0.4, -0.2) is 23.3 Å². The summed E-state index contributed by atoms with van der Waals surface area (Å²) in [6, 6.07) is 25.8. The number of nitrogens with zero attached hydrogens (tertiary/aromatic N) is 1. The van der Waals surface area contributed by atoms with Gasteiger partial charge in [-0.2, -0.15) is 0 Å². The second-order valence-corrected chi connectivity index (χ2v) is 7.86. The smallest absolute Gasteiger partial charge is 0.225 e. The molecule has 4 rings (SSSR count). The van der Waals surface area contributed by atoms with Crippen LogP contribution in [0.4, 0.5) is 4.39 Å². The molecule has 0 spiro atoms. The molecule has 0 radical (unpaired) electrons. The maximum atomic E-state index is 14.1. The van der Waals surface area contributed by atoms with E-state index in [9.17, 15) is 14.0 Å². The number of nitrogens with one attached hydrogen (secondary N) is 1. The number of carbonyl (C=O) groups is 2. The molecule has 1 saturated heterocycles. The number of benzene rings is 3. The van der Waals surface area contributed by atoms with E-state index in [1.165, 1.54) is 6.07 Å². The predicted octanol–water partition coefficient (Wildman–Crippen LogP) is 4.47. The highest BCUT2D eigenvalue weighted by molar-refractivity contribution is 5.84. The van der Waals surface area contributed by atoms with Crippen LogP contribution in [0.3, 0.4) is 0 Å². The summed E-state index contributed by atoms with van der Waals surface area (Å²) in [5, 5.41) is 3.18. The summed E-state index contributed by atoms with van der Waals surface area (Å²) in [7, 11) is 0. The minimum absolute atomic E-state index is 0.0463. The minimum atomic E-state index is -0.338. The second kappa shape index (κ2) is 9.56. The van der Waals surface area contributed by atoms with Crippen LogP contribution in [0.15, 0.2) is 84.9 Å². The van der Waals surface area contributed by atoms with Crippen LogP contribution in [0.2, 0.25) is 0 Å². The molecule has 3 aromatic rings. The number of rotatable bonds is 6. The van der Waals surface area contributed by atoms with Crippen molar-refractivity contribution in [2.45, 2.75) is 25.4 Å². The van der Waals surface area contributed by atoms with Crippen LogP contribution in [0, 0.1) is 11.7 Å². The first-order valence-corrected chi connectivity index (χ1v) is 10.5. The lowest BCUT2D eigenvalue weighted by Crippen LogP contribution is -2.46. The summed E-state index contributed by atoms with van der Waals surface area (Å²) in [5.41, 5.74) is 2.46. The Kier molecular flexibility index (Phi) is 6.41. The van der Waals surface area contributed by atoms with Crippen LogP contribution in [-0.2, 0) is 16.1 Å². The Morgan fingerprint density at radius 3 is 2.13 bits per heavy atom. The Labute approximate surface area is 181 Å². The lowest BCUT2D eigenvalue weighted by atomic mass is 9.93. The van der Waals surface area contributed by atoms with Gasteiger partial charge >= 0.3 is 0 Å². The van der Waals surface area contributed by atoms with E-state index in [4.69, 9.17) is 0 Å². The van der Waals surface area contributed by atoms with Gasteiger partial charge < -0.3 is 10.2 Å². The van der Waals surface area contributed by atoms with Crippen molar-refractivity contribution in [2.75, 3.05) is 6.54 Å². The van der Waals surface area contributed by atoms with Crippen LogP contribution in [0.5, 0.6) is 0 Å². The first kappa shape index (κ1) is 20.8. The van der Waals surface area contributed by atoms with Crippen LogP contribution < -0.4 is 5.32 Å². The molecule has 0 saturated carbocycles. The number of hydrogen-bond donors (Lipinski definition) is 1. The average molecular weight is 416 g/mol. The van der Waals surface area contributed by atoms with Crippen LogP contribution in [0.25, 0.3) is 0 Å². The summed E-state index contributed by atoms with van der Waals surface area (Å²) >= 11 is 0. The molecule has 4 nitrogen and oxygen atoms in total. The highest BCUT2D eigenvalue weighted by atomic mass is 19.1. The number of hydrogen-bond acceptors (Lipinski definition) is 2. The van der Waals surface area contributed by atoms with E-state index in [0.29, 0.717) is 12.0 Å². The zero-order valence-electron chi connectivity index (χ0n) is 17.2. The number of likely N-dealkylation sites (tertiary alicyclic amines) is 1. The van der Waals surface area contributed by atoms with E-state index >= 15 is 0 Å². The van der Waals surface area contributed by atoms with Crippen molar-refractivity contribution in [1.29, 1.82) is 0 Å². The van der Waals surface area contributed by atoms with Gasteiger partial charge in [0.15, 0.2) is 0 Å². The summed E-state index contributed by atoms with van der Waals surface area (Å²) in [4.78, 5) is 27.2. The molecule has 0 aliphatic carbocycles. The third-order valence-electron chi connectivity index (χ3n) is 5.74. The lowest BCUT2D eigenvalue weighted by molar-refractivity contribution is -0.139. The van der Waals surface area contributed by atoms with Gasteiger partial charge in [-0.3, -0.25) is 9.59 Å². The topological polar surface area (TPSA) is 49.4 Å². The first-order valence-electron chi connectivity index (χ1n) is 10.5. The molecule has 1 atom stereocenters. The Bertz CT molecular complexity index is 1000. The van der Waals surface area contributed by atoms with E-state index in [0.717, 1.165) is 11.1 Å². The van der Waals surface area contributed by atoms with Gasteiger partial charge in [-0.05, 0) is 23.6 Å². The van der Waals surface area contributed by atoms with Crippen molar-refractivity contribution < 1.29 is 14.0 Å². The molecule has 0 unspecified atom stereocenters. The molecule has 1 heterocycles. The van der Waals surface area contributed by atoms with Crippen LogP contribution in [0.1, 0.15) is 35.6 Å². The van der Waals surface area contributed by atoms with Crippen molar-refractivity contribution in [3.63, 3.8) is 0 Å². The van der Waals surface area contributed by atoms with E-state index in [-0.39, 0.29) is 49.1 Å². The van der Waals surface area contributed by atoms with Gasteiger partial charge in [0.1, 0.15) is 5.82 Å². The standard InChI is InChI=1S/C26H25FN2O2/c27-23-14-8-7-13-21(23)17-29-18-22(15-16-24(29)30)26(31)28-25(19-9-3-1-4-10-19)20-11-5-2-6-12-20/h1-14,22,25H,15-18H2,(H,28,31)/t22-/m0/s1. The summed E-state index contributed by atoms with van der Waals surface area (Å²) < 4.78 is 14.1. The molecular weight excluding hydrogens is 391 g/mol. The summed E-state index contributed by atoms with van der Waals surface area (Å²) in [6.07, 6.45) is 0.780. The van der Waals surface area contributed by atoms with Gasteiger partial charge in [0.05, 0.1) is 12.0 Å². The Balaban J connectivity index is 1.50. The van der Waals surface area contributed by atoms with Crippen LogP contribution >= 0.6 is 0 Å². The molecule has 0 bridgehead atoms. The van der Waals surface area contributed by atoms with Gasteiger partial charge in [0.25, 0.3) is 0 Å². The fourth-order valence-corrected chi connectivity index (χ4v) is 4.02. The third-order valence-corrected chi connectivity index (χ3v) is 5.74. The number of piperidine rings is 1. The number of amides is 2. The highest BCUT2D eigenvalue weighted by Gasteiger charge is 2.32. The van der Waals surface area contributed by atoms with Gasteiger partial charge in [-0.1, -0.05) is 78.9 Å². The van der Waals surface area contributed by atoms with E-state index in [1.807, 2.05) is 60.7 Å². The maximum Gasteiger partial charge on any atom is 0.225 e. The average Bonchev–Trinajstić information content (AvgIpc) is 2.81. The zero-order valence-corrected chi connectivity index (χ0v) is 17.2. The maximum absolute atomic E-state index is 14.1. The quantitative estimate of drug-likeness (QED) is 0.645. The lowest BCUT2D eigenvalue weighted by Gasteiger charge is -2.33. The van der Waals surface area contributed by atoms with E-state index < -0.39 is 0 Å². The molecule has 5 heteroatoms. The van der Waals surface area contributed by atoms with E-state index in [1.54, 1.807) is 23.1 Å². The van der Waals surface area contributed by atoms with Crippen molar-refractivity contribution in [2.24, 2.45) is 5.92 Å². The predicted molar refractivity (Wildman–Crippen MR) is 117 cm³/mol. The fourth-order valence-electron chi connectivity index (χ4n) is 4.02. The Morgan fingerprint density at radius 2 is 1.52 bits per heavy atom. The Morgan fingerprint density at radius 1 is 0.935 bits per heavy atom. The molecule has 1 N–H and O–H groups in total. The summed E-state index contributed by atoms with van der Waals surface area (Å²) in [5.74, 6) is -0.812. The molecule has 158 valence electrons. The second-order valence-electron chi connectivity index (χ2n) is 7.86.